The van der Waals surface area contributed by atoms with Crippen LogP contribution in [-0.4, -0.2) is 46.1 Å². The normalized spacial score (nSPS) is 20.1. The number of fused-ring (bicyclic) bond motifs is 1. The van der Waals surface area contributed by atoms with Crippen molar-refractivity contribution in [2.75, 3.05) is 18.4 Å². The summed E-state index contributed by atoms with van der Waals surface area (Å²) in [5.74, 6) is -0.173. The number of rotatable bonds is 4. The van der Waals surface area contributed by atoms with Gasteiger partial charge in [0.1, 0.15) is 0 Å². The number of hydrogen-bond acceptors (Lipinski definition) is 6. The van der Waals surface area contributed by atoms with Crippen LogP contribution in [0.25, 0.3) is 10.9 Å². The molecule has 0 spiro atoms. The Hall–Kier alpha value is -2.35. The molecule has 0 saturated carbocycles. The molecular formula is C22H26N4O2S. The van der Waals surface area contributed by atoms with E-state index in [1.165, 1.54) is 11.3 Å². The van der Waals surface area contributed by atoms with Crippen LogP contribution in [0.3, 0.4) is 0 Å². The van der Waals surface area contributed by atoms with Gasteiger partial charge in [0.05, 0.1) is 34.7 Å². The second kappa shape index (κ2) is 8.18. The van der Waals surface area contributed by atoms with Crippen LogP contribution in [0.15, 0.2) is 29.6 Å². The van der Waals surface area contributed by atoms with Crippen LogP contribution in [0.5, 0.6) is 0 Å². The first-order valence-corrected chi connectivity index (χ1v) is 10.8. The van der Waals surface area contributed by atoms with Crippen LogP contribution >= 0.6 is 11.3 Å². The number of aryl methyl sites for hydroxylation is 2. The number of thiazole rings is 1. The van der Waals surface area contributed by atoms with Gasteiger partial charge in [0.2, 0.25) is 0 Å². The SMILES string of the molecule is Cc1ccc2nc(C)c(C(=O)Nc3nc(CN4CC(C)OC(C)C4)cs3)cc2c1. The maximum atomic E-state index is 12.8. The van der Waals surface area contributed by atoms with Crippen molar-refractivity contribution < 1.29 is 9.53 Å². The number of anilines is 1. The van der Waals surface area contributed by atoms with Crippen LogP contribution in [-0.2, 0) is 11.3 Å². The van der Waals surface area contributed by atoms with E-state index in [0.717, 1.165) is 41.8 Å². The van der Waals surface area contributed by atoms with Gasteiger partial charge in [-0.15, -0.1) is 11.3 Å². The largest absolute Gasteiger partial charge is 0.373 e. The van der Waals surface area contributed by atoms with E-state index >= 15 is 0 Å². The highest BCUT2D eigenvalue weighted by atomic mass is 32.1. The van der Waals surface area contributed by atoms with E-state index in [4.69, 9.17) is 4.74 Å². The van der Waals surface area contributed by atoms with E-state index in [-0.39, 0.29) is 18.1 Å². The number of aromatic nitrogens is 2. The standard InChI is InChI=1S/C22H26N4O2S/c1-13-5-6-20-17(7-13)8-19(16(4)23-20)21(27)25-22-24-18(12-29-22)11-26-9-14(2)28-15(3)10-26/h5-8,12,14-15H,9-11H2,1-4H3,(H,24,25,27). The highest BCUT2D eigenvalue weighted by molar-refractivity contribution is 7.14. The summed E-state index contributed by atoms with van der Waals surface area (Å²) in [6, 6.07) is 7.97. The monoisotopic (exact) mass is 410 g/mol. The van der Waals surface area contributed by atoms with Gasteiger partial charge < -0.3 is 4.74 Å². The number of pyridine rings is 1. The number of ether oxygens (including phenoxy) is 1. The van der Waals surface area contributed by atoms with Gasteiger partial charge in [-0.25, -0.2) is 4.98 Å². The molecule has 0 aliphatic carbocycles. The fourth-order valence-corrected chi connectivity index (χ4v) is 4.56. The van der Waals surface area contributed by atoms with Gasteiger partial charge in [-0.05, 0) is 45.9 Å². The Morgan fingerprint density at radius 3 is 2.72 bits per heavy atom. The molecule has 2 aromatic heterocycles. The van der Waals surface area contributed by atoms with Crippen LogP contribution in [0.4, 0.5) is 5.13 Å². The molecule has 1 fully saturated rings. The average Bonchev–Trinajstić information content (AvgIpc) is 3.07. The Bertz CT molecular complexity index is 1040. The van der Waals surface area contributed by atoms with Gasteiger partial charge in [-0.3, -0.25) is 20.0 Å². The molecule has 3 heterocycles. The van der Waals surface area contributed by atoms with Crippen LogP contribution in [0.2, 0.25) is 0 Å². The minimum atomic E-state index is -0.173. The van der Waals surface area contributed by atoms with Crippen molar-refractivity contribution in [1.82, 2.24) is 14.9 Å². The molecule has 1 aliphatic heterocycles. The van der Waals surface area contributed by atoms with E-state index in [9.17, 15) is 4.79 Å². The second-order valence-corrected chi connectivity index (χ2v) is 8.73. The van der Waals surface area contributed by atoms with Crippen molar-refractivity contribution in [1.29, 1.82) is 0 Å². The fraction of sp³-hybridized carbons (Fsp3) is 0.409. The van der Waals surface area contributed by atoms with E-state index in [0.29, 0.717) is 16.4 Å². The molecule has 1 aromatic carbocycles. The summed E-state index contributed by atoms with van der Waals surface area (Å²) in [6.45, 7) is 10.6. The number of nitrogens with zero attached hydrogens (tertiary/aromatic N) is 3. The Morgan fingerprint density at radius 1 is 1.21 bits per heavy atom. The van der Waals surface area contributed by atoms with E-state index in [2.05, 4.69) is 34.0 Å². The first-order chi connectivity index (χ1) is 13.9. The van der Waals surface area contributed by atoms with Gasteiger partial charge in [-0.1, -0.05) is 11.6 Å². The summed E-state index contributed by atoms with van der Waals surface area (Å²) in [5.41, 5.74) is 4.30. The fourth-order valence-electron chi connectivity index (χ4n) is 3.87. The summed E-state index contributed by atoms with van der Waals surface area (Å²) in [4.78, 5) is 24.4. The third kappa shape index (κ3) is 4.63. The molecule has 152 valence electrons. The number of amides is 1. The van der Waals surface area contributed by atoms with Gasteiger partial charge in [0.25, 0.3) is 5.91 Å². The van der Waals surface area contributed by atoms with E-state index in [1.807, 2.05) is 43.5 Å². The molecule has 1 N–H and O–H groups in total. The topological polar surface area (TPSA) is 67.4 Å². The molecule has 4 rings (SSSR count). The summed E-state index contributed by atoms with van der Waals surface area (Å²) in [5, 5.41) is 6.53. The summed E-state index contributed by atoms with van der Waals surface area (Å²) < 4.78 is 5.79. The first kappa shape index (κ1) is 19.9. The number of morpholine rings is 1. The molecular weight excluding hydrogens is 384 g/mol. The highest BCUT2D eigenvalue weighted by Gasteiger charge is 2.23. The number of carbonyl (C=O) groups excluding carboxylic acids is 1. The molecule has 0 bridgehead atoms. The zero-order valence-electron chi connectivity index (χ0n) is 17.2. The molecule has 2 unspecified atom stereocenters. The van der Waals surface area contributed by atoms with Gasteiger partial charge >= 0.3 is 0 Å². The van der Waals surface area contributed by atoms with Gasteiger partial charge in [0.15, 0.2) is 5.13 Å². The summed E-state index contributed by atoms with van der Waals surface area (Å²) >= 11 is 1.45. The molecule has 1 aliphatic rings. The predicted molar refractivity (Wildman–Crippen MR) is 117 cm³/mol. The van der Waals surface area contributed by atoms with Crippen molar-refractivity contribution in [3.8, 4) is 0 Å². The Kier molecular flexibility index (Phi) is 5.63. The molecule has 29 heavy (non-hydrogen) atoms. The quantitative estimate of drug-likeness (QED) is 0.699. The lowest BCUT2D eigenvalue weighted by atomic mass is 10.1. The van der Waals surface area contributed by atoms with Gasteiger partial charge in [-0.2, -0.15) is 0 Å². The zero-order valence-corrected chi connectivity index (χ0v) is 18.0. The smallest absolute Gasteiger partial charge is 0.259 e. The summed E-state index contributed by atoms with van der Waals surface area (Å²) in [7, 11) is 0. The van der Waals surface area contributed by atoms with Crippen molar-refractivity contribution in [3.63, 3.8) is 0 Å². The maximum Gasteiger partial charge on any atom is 0.259 e. The average molecular weight is 411 g/mol. The number of nitrogens with one attached hydrogen (secondary N) is 1. The Morgan fingerprint density at radius 2 is 1.97 bits per heavy atom. The third-order valence-corrected chi connectivity index (χ3v) is 5.87. The molecule has 6 nitrogen and oxygen atoms in total. The predicted octanol–water partition coefficient (Wildman–Crippen LogP) is 4.17. The molecule has 0 radical (unpaired) electrons. The lowest BCUT2D eigenvalue weighted by Gasteiger charge is -2.34. The lowest BCUT2D eigenvalue weighted by Crippen LogP contribution is -2.44. The van der Waals surface area contributed by atoms with Crippen molar-refractivity contribution >= 4 is 33.3 Å². The van der Waals surface area contributed by atoms with Gasteiger partial charge in [0, 0.05) is 30.4 Å². The second-order valence-electron chi connectivity index (χ2n) is 7.87. The molecule has 2 atom stereocenters. The lowest BCUT2D eigenvalue weighted by molar-refractivity contribution is -0.0707. The van der Waals surface area contributed by atoms with Crippen LogP contribution < -0.4 is 5.32 Å². The number of carbonyl (C=O) groups is 1. The van der Waals surface area contributed by atoms with Crippen LogP contribution in [0, 0.1) is 13.8 Å². The van der Waals surface area contributed by atoms with Crippen LogP contribution in [0.1, 0.15) is 41.2 Å². The zero-order chi connectivity index (χ0) is 20.5. The highest BCUT2D eigenvalue weighted by Crippen LogP contribution is 2.22. The first-order valence-electron chi connectivity index (χ1n) is 9.89. The third-order valence-electron chi connectivity index (χ3n) is 5.06. The molecule has 7 heteroatoms. The minimum Gasteiger partial charge on any atom is -0.373 e. The minimum absolute atomic E-state index is 0.173. The molecule has 3 aromatic rings. The Labute approximate surface area is 174 Å². The number of hydrogen-bond donors (Lipinski definition) is 1. The number of benzene rings is 1. The van der Waals surface area contributed by atoms with Crippen molar-refractivity contribution in [3.05, 3.63) is 52.2 Å². The maximum absolute atomic E-state index is 12.8. The van der Waals surface area contributed by atoms with E-state index in [1.54, 1.807) is 0 Å². The van der Waals surface area contributed by atoms with Crippen molar-refractivity contribution in [2.45, 2.75) is 46.4 Å². The van der Waals surface area contributed by atoms with Crippen molar-refractivity contribution in [2.24, 2.45) is 0 Å². The molecule has 1 amide bonds. The molecule has 1 saturated heterocycles. The summed E-state index contributed by atoms with van der Waals surface area (Å²) in [6.07, 6.45) is 0.451. The van der Waals surface area contributed by atoms with E-state index < -0.39 is 0 Å². The Balaban J connectivity index is 1.46.